The van der Waals surface area contributed by atoms with Crippen LogP contribution in [0.5, 0.6) is 5.75 Å². The predicted octanol–water partition coefficient (Wildman–Crippen LogP) is 2.22. The summed E-state index contributed by atoms with van der Waals surface area (Å²) < 4.78 is 8.02. The highest BCUT2D eigenvalue weighted by molar-refractivity contribution is 9.10. The van der Waals surface area contributed by atoms with Crippen LogP contribution in [0.2, 0.25) is 0 Å². The Morgan fingerprint density at radius 1 is 1.35 bits per heavy atom. The number of aliphatic hydroxyl groups excluding tert-OH is 1. The van der Waals surface area contributed by atoms with E-state index < -0.39 is 0 Å². The van der Waals surface area contributed by atoms with Crippen LogP contribution in [0.15, 0.2) is 34.9 Å². The Labute approximate surface area is 108 Å². The molecule has 1 aromatic carbocycles. The fraction of sp³-hybridized carbons (Fsp3) is 0.250. The molecule has 1 heterocycles. The zero-order valence-corrected chi connectivity index (χ0v) is 11.0. The molecule has 2 rings (SSSR count). The molecule has 0 saturated heterocycles. The molecular formula is C12H13BrN2O2. The summed E-state index contributed by atoms with van der Waals surface area (Å²) in [5.74, 6) is 0.745. The summed E-state index contributed by atoms with van der Waals surface area (Å²) in [5.41, 5.74) is 1.93. The Bertz CT molecular complexity index is 494. The van der Waals surface area contributed by atoms with Crippen LogP contribution < -0.4 is 4.74 Å². The maximum Gasteiger partial charge on any atom is 0.119 e. The minimum absolute atomic E-state index is 0.0214. The average molecular weight is 297 g/mol. The van der Waals surface area contributed by atoms with Crippen LogP contribution in [-0.4, -0.2) is 28.1 Å². The normalized spacial score (nSPS) is 10.5. The summed E-state index contributed by atoms with van der Waals surface area (Å²) in [6, 6.07) is 7.62. The van der Waals surface area contributed by atoms with E-state index in [2.05, 4.69) is 21.0 Å². The van der Waals surface area contributed by atoms with Gasteiger partial charge in [-0.05, 0) is 40.2 Å². The van der Waals surface area contributed by atoms with Crippen molar-refractivity contribution in [1.82, 2.24) is 9.78 Å². The maximum absolute atomic E-state index is 8.66. The highest BCUT2D eigenvalue weighted by Gasteiger charge is 2.07. The number of ether oxygens (including phenoxy) is 1. The number of aryl methyl sites for hydroxylation is 1. The van der Waals surface area contributed by atoms with Crippen LogP contribution >= 0.6 is 15.9 Å². The SMILES string of the molecule is Cn1cc(Br)c(-c2ccc(OCCO)cc2)n1. The summed E-state index contributed by atoms with van der Waals surface area (Å²) in [6.07, 6.45) is 1.91. The molecule has 1 aromatic heterocycles. The number of benzene rings is 1. The molecular weight excluding hydrogens is 284 g/mol. The molecule has 1 N–H and O–H groups in total. The van der Waals surface area contributed by atoms with Crippen molar-refractivity contribution in [2.24, 2.45) is 7.05 Å². The second-order valence-electron chi connectivity index (χ2n) is 3.60. The van der Waals surface area contributed by atoms with Crippen LogP contribution in [0, 0.1) is 0 Å². The van der Waals surface area contributed by atoms with Gasteiger partial charge in [-0.1, -0.05) is 0 Å². The van der Waals surface area contributed by atoms with Gasteiger partial charge in [-0.2, -0.15) is 5.10 Å². The molecule has 17 heavy (non-hydrogen) atoms. The lowest BCUT2D eigenvalue weighted by Gasteiger charge is -2.04. The lowest BCUT2D eigenvalue weighted by molar-refractivity contribution is 0.201. The summed E-state index contributed by atoms with van der Waals surface area (Å²) in [7, 11) is 1.88. The number of rotatable bonds is 4. The molecule has 0 spiro atoms. The van der Waals surface area contributed by atoms with Gasteiger partial charge < -0.3 is 9.84 Å². The van der Waals surface area contributed by atoms with E-state index >= 15 is 0 Å². The van der Waals surface area contributed by atoms with Gasteiger partial charge in [0, 0.05) is 18.8 Å². The second-order valence-corrected chi connectivity index (χ2v) is 4.45. The molecule has 5 heteroatoms. The first-order chi connectivity index (χ1) is 8.20. The molecule has 0 atom stereocenters. The number of hydrogen-bond acceptors (Lipinski definition) is 3. The predicted molar refractivity (Wildman–Crippen MR) is 68.9 cm³/mol. The van der Waals surface area contributed by atoms with E-state index in [4.69, 9.17) is 9.84 Å². The fourth-order valence-corrected chi connectivity index (χ4v) is 2.13. The Morgan fingerprint density at radius 3 is 2.59 bits per heavy atom. The van der Waals surface area contributed by atoms with Gasteiger partial charge in [0.1, 0.15) is 18.1 Å². The Hall–Kier alpha value is -1.33. The number of nitrogens with zero attached hydrogens (tertiary/aromatic N) is 2. The van der Waals surface area contributed by atoms with E-state index in [0.29, 0.717) is 6.61 Å². The molecule has 0 amide bonds. The molecule has 0 bridgehead atoms. The van der Waals surface area contributed by atoms with Gasteiger partial charge in [0.25, 0.3) is 0 Å². The molecule has 0 radical (unpaired) electrons. The van der Waals surface area contributed by atoms with E-state index in [9.17, 15) is 0 Å². The fourth-order valence-electron chi connectivity index (χ4n) is 1.53. The second kappa shape index (κ2) is 5.33. The summed E-state index contributed by atoms with van der Waals surface area (Å²) >= 11 is 3.47. The summed E-state index contributed by atoms with van der Waals surface area (Å²) in [5, 5.41) is 13.0. The topological polar surface area (TPSA) is 47.3 Å². The minimum Gasteiger partial charge on any atom is -0.491 e. The number of aromatic nitrogens is 2. The molecule has 0 unspecified atom stereocenters. The third kappa shape index (κ3) is 2.87. The van der Waals surface area contributed by atoms with Crippen molar-refractivity contribution < 1.29 is 9.84 Å². The highest BCUT2D eigenvalue weighted by atomic mass is 79.9. The Balaban J connectivity index is 2.20. The van der Waals surface area contributed by atoms with Crippen molar-refractivity contribution in [3.63, 3.8) is 0 Å². The van der Waals surface area contributed by atoms with Crippen molar-refractivity contribution in [2.45, 2.75) is 0 Å². The van der Waals surface area contributed by atoms with Crippen LogP contribution in [0.25, 0.3) is 11.3 Å². The van der Waals surface area contributed by atoms with Gasteiger partial charge >= 0.3 is 0 Å². The molecule has 0 saturated carbocycles. The number of hydrogen-bond donors (Lipinski definition) is 1. The third-order valence-electron chi connectivity index (χ3n) is 2.27. The lowest BCUT2D eigenvalue weighted by Crippen LogP contribution is -2.01. The van der Waals surface area contributed by atoms with Crippen molar-refractivity contribution in [3.8, 4) is 17.0 Å². The van der Waals surface area contributed by atoms with Gasteiger partial charge in [0.15, 0.2) is 0 Å². The van der Waals surface area contributed by atoms with E-state index in [1.54, 1.807) is 4.68 Å². The maximum atomic E-state index is 8.66. The average Bonchev–Trinajstić information content (AvgIpc) is 2.66. The molecule has 0 aliphatic heterocycles. The zero-order chi connectivity index (χ0) is 12.3. The largest absolute Gasteiger partial charge is 0.491 e. The quantitative estimate of drug-likeness (QED) is 0.941. The summed E-state index contributed by atoms with van der Waals surface area (Å²) in [6.45, 7) is 0.334. The van der Waals surface area contributed by atoms with Crippen molar-refractivity contribution in [3.05, 3.63) is 34.9 Å². The van der Waals surface area contributed by atoms with E-state index in [-0.39, 0.29) is 6.61 Å². The first-order valence-corrected chi connectivity index (χ1v) is 6.03. The van der Waals surface area contributed by atoms with Crippen LogP contribution in [0.4, 0.5) is 0 Å². The smallest absolute Gasteiger partial charge is 0.119 e. The van der Waals surface area contributed by atoms with Gasteiger partial charge in [-0.3, -0.25) is 4.68 Å². The Morgan fingerprint density at radius 2 is 2.06 bits per heavy atom. The Kier molecular flexibility index (Phi) is 3.81. The monoisotopic (exact) mass is 296 g/mol. The van der Waals surface area contributed by atoms with E-state index in [1.807, 2.05) is 37.5 Å². The van der Waals surface area contributed by atoms with E-state index in [0.717, 1.165) is 21.5 Å². The van der Waals surface area contributed by atoms with Crippen molar-refractivity contribution in [1.29, 1.82) is 0 Å². The molecule has 0 aliphatic rings. The zero-order valence-electron chi connectivity index (χ0n) is 9.43. The van der Waals surface area contributed by atoms with Crippen LogP contribution in [0.3, 0.4) is 0 Å². The molecule has 0 fully saturated rings. The van der Waals surface area contributed by atoms with E-state index in [1.165, 1.54) is 0 Å². The molecule has 0 aliphatic carbocycles. The standard InChI is InChI=1S/C12H13BrN2O2/c1-15-8-11(13)12(14-15)9-2-4-10(5-3-9)17-7-6-16/h2-5,8,16H,6-7H2,1H3. The number of halogens is 1. The van der Waals surface area contributed by atoms with Crippen molar-refractivity contribution in [2.75, 3.05) is 13.2 Å². The number of aliphatic hydroxyl groups is 1. The van der Waals surface area contributed by atoms with Crippen LogP contribution in [0.1, 0.15) is 0 Å². The molecule has 90 valence electrons. The van der Waals surface area contributed by atoms with Crippen LogP contribution in [-0.2, 0) is 7.05 Å². The van der Waals surface area contributed by atoms with Crippen molar-refractivity contribution >= 4 is 15.9 Å². The van der Waals surface area contributed by atoms with Gasteiger partial charge in [0.2, 0.25) is 0 Å². The van der Waals surface area contributed by atoms with Gasteiger partial charge in [-0.15, -0.1) is 0 Å². The first kappa shape index (κ1) is 12.1. The van der Waals surface area contributed by atoms with Gasteiger partial charge in [0.05, 0.1) is 11.1 Å². The highest BCUT2D eigenvalue weighted by Crippen LogP contribution is 2.27. The minimum atomic E-state index is 0.0214. The molecule has 4 nitrogen and oxygen atoms in total. The summed E-state index contributed by atoms with van der Waals surface area (Å²) in [4.78, 5) is 0. The van der Waals surface area contributed by atoms with Gasteiger partial charge in [-0.25, -0.2) is 0 Å². The lowest BCUT2D eigenvalue weighted by atomic mass is 10.1. The first-order valence-electron chi connectivity index (χ1n) is 5.24. The third-order valence-corrected chi connectivity index (χ3v) is 2.85. The molecule has 2 aromatic rings.